The van der Waals surface area contributed by atoms with E-state index in [-0.39, 0.29) is 0 Å². The number of methoxy groups -OCH3 is 2. The van der Waals surface area contributed by atoms with E-state index in [1.165, 1.54) is 0 Å². The average Bonchev–Trinajstić information content (AvgIpc) is 2.89. The molecule has 2 rings (SSSR count). The number of benzene rings is 1. The summed E-state index contributed by atoms with van der Waals surface area (Å²) in [5, 5.41) is 4.55. The van der Waals surface area contributed by atoms with Crippen LogP contribution in [0, 0.1) is 0 Å². The summed E-state index contributed by atoms with van der Waals surface area (Å²) in [5.41, 5.74) is 8.53. The lowest BCUT2D eigenvalue weighted by Crippen LogP contribution is -2.06. The monoisotopic (exact) mass is 261 g/mol. The molecule has 1 aromatic carbocycles. The molecule has 0 atom stereocenters. The Bertz CT molecular complexity index is 542. The lowest BCUT2D eigenvalue weighted by molar-refractivity contribution is 0.395. The van der Waals surface area contributed by atoms with Crippen LogP contribution in [0.15, 0.2) is 24.3 Å². The molecule has 0 saturated carbocycles. The summed E-state index contributed by atoms with van der Waals surface area (Å²) in [6.07, 6.45) is 0. The summed E-state index contributed by atoms with van der Waals surface area (Å²) < 4.78 is 12.5. The van der Waals surface area contributed by atoms with Gasteiger partial charge >= 0.3 is 0 Å². The highest BCUT2D eigenvalue weighted by molar-refractivity contribution is 5.68. The third-order valence-electron chi connectivity index (χ3n) is 3.06. The zero-order valence-corrected chi connectivity index (χ0v) is 11.5. The fourth-order valence-corrected chi connectivity index (χ4v) is 2.04. The molecule has 0 spiro atoms. The third kappa shape index (κ3) is 2.56. The van der Waals surface area contributed by atoms with Crippen molar-refractivity contribution < 1.29 is 9.47 Å². The Kier molecular flexibility index (Phi) is 4.06. The molecule has 19 heavy (non-hydrogen) atoms. The number of aromatic nitrogens is 2. The smallest absolute Gasteiger partial charge is 0.132 e. The van der Waals surface area contributed by atoms with Gasteiger partial charge in [0, 0.05) is 24.7 Å². The van der Waals surface area contributed by atoms with Gasteiger partial charge in [-0.3, -0.25) is 4.68 Å². The van der Waals surface area contributed by atoms with Crippen LogP contribution in [0.2, 0.25) is 0 Å². The van der Waals surface area contributed by atoms with Crippen LogP contribution in [-0.4, -0.2) is 24.0 Å². The Balaban J connectivity index is 2.48. The van der Waals surface area contributed by atoms with Crippen molar-refractivity contribution in [3.63, 3.8) is 0 Å². The van der Waals surface area contributed by atoms with Crippen molar-refractivity contribution in [2.24, 2.45) is 5.73 Å². The molecule has 0 fully saturated rings. The highest BCUT2D eigenvalue weighted by atomic mass is 16.5. The number of nitrogens with two attached hydrogens (primary N) is 1. The van der Waals surface area contributed by atoms with Crippen LogP contribution in [0.5, 0.6) is 11.5 Å². The van der Waals surface area contributed by atoms with Crippen LogP contribution < -0.4 is 15.2 Å². The van der Waals surface area contributed by atoms with Crippen LogP contribution >= 0.6 is 0 Å². The van der Waals surface area contributed by atoms with Crippen molar-refractivity contribution in [1.29, 1.82) is 0 Å². The number of hydrogen-bond acceptors (Lipinski definition) is 4. The maximum absolute atomic E-state index is 5.72. The van der Waals surface area contributed by atoms with Gasteiger partial charge in [-0.2, -0.15) is 5.10 Å². The Labute approximate surface area is 112 Å². The van der Waals surface area contributed by atoms with Crippen molar-refractivity contribution >= 4 is 0 Å². The van der Waals surface area contributed by atoms with Crippen LogP contribution in [0.25, 0.3) is 11.3 Å². The van der Waals surface area contributed by atoms with Gasteiger partial charge in [-0.15, -0.1) is 0 Å². The van der Waals surface area contributed by atoms with Crippen LogP contribution in [0.1, 0.15) is 12.6 Å². The second kappa shape index (κ2) is 5.75. The summed E-state index contributed by atoms with van der Waals surface area (Å²) in [6.45, 7) is 3.31. The quantitative estimate of drug-likeness (QED) is 0.894. The Morgan fingerprint density at radius 2 is 2.00 bits per heavy atom. The van der Waals surface area contributed by atoms with Crippen molar-refractivity contribution in [2.45, 2.75) is 20.0 Å². The lowest BCUT2D eigenvalue weighted by Gasteiger charge is -2.08. The molecule has 102 valence electrons. The summed E-state index contributed by atoms with van der Waals surface area (Å²) >= 11 is 0. The molecule has 2 N–H and O–H groups in total. The molecule has 1 aromatic heterocycles. The van der Waals surface area contributed by atoms with Gasteiger partial charge in [0.2, 0.25) is 0 Å². The normalized spacial score (nSPS) is 10.5. The van der Waals surface area contributed by atoms with E-state index in [2.05, 4.69) is 5.10 Å². The molecule has 1 heterocycles. The van der Waals surface area contributed by atoms with Gasteiger partial charge < -0.3 is 15.2 Å². The largest absolute Gasteiger partial charge is 0.497 e. The van der Waals surface area contributed by atoms with E-state index in [4.69, 9.17) is 15.2 Å². The molecule has 5 heteroatoms. The van der Waals surface area contributed by atoms with E-state index in [0.717, 1.165) is 35.0 Å². The second-order valence-electron chi connectivity index (χ2n) is 4.11. The van der Waals surface area contributed by atoms with Crippen LogP contribution in [0.3, 0.4) is 0 Å². The minimum atomic E-state index is 0.472. The fraction of sp³-hybridized carbons (Fsp3) is 0.357. The second-order valence-corrected chi connectivity index (χ2v) is 4.11. The van der Waals surface area contributed by atoms with E-state index in [0.29, 0.717) is 6.54 Å². The molecule has 0 saturated heterocycles. The van der Waals surface area contributed by atoms with E-state index in [1.54, 1.807) is 14.2 Å². The Morgan fingerprint density at radius 3 is 2.53 bits per heavy atom. The predicted octanol–water partition coefficient (Wildman–Crippen LogP) is 2.05. The minimum Gasteiger partial charge on any atom is -0.497 e. The van der Waals surface area contributed by atoms with E-state index < -0.39 is 0 Å². The van der Waals surface area contributed by atoms with E-state index >= 15 is 0 Å². The molecular weight excluding hydrogens is 242 g/mol. The molecule has 0 aliphatic carbocycles. The molecular formula is C14H19N3O2. The standard InChI is InChI=1S/C14H19N3O2/c1-4-17-10(9-15)7-13(16-17)12-6-5-11(18-2)8-14(12)19-3/h5-8H,4,9,15H2,1-3H3. The Hall–Kier alpha value is -2.01. The first-order valence-corrected chi connectivity index (χ1v) is 6.22. The highest BCUT2D eigenvalue weighted by Crippen LogP contribution is 2.32. The lowest BCUT2D eigenvalue weighted by atomic mass is 10.1. The number of hydrogen-bond donors (Lipinski definition) is 1. The zero-order valence-electron chi connectivity index (χ0n) is 11.5. The SMILES string of the molecule is CCn1nc(-c2ccc(OC)cc2OC)cc1CN. The molecule has 0 amide bonds. The molecule has 5 nitrogen and oxygen atoms in total. The first kappa shape index (κ1) is 13.4. The highest BCUT2D eigenvalue weighted by Gasteiger charge is 2.12. The third-order valence-corrected chi connectivity index (χ3v) is 3.06. The number of aryl methyl sites for hydroxylation is 1. The van der Waals surface area contributed by atoms with Gasteiger partial charge in [-0.1, -0.05) is 0 Å². The first-order valence-electron chi connectivity index (χ1n) is 6.22. The molecule has 0 radical (unpaired) electrons. The van der Waals surface area contributed by atoms with Crippen molar-refractivity contribution in [3.05, 3.63) is 30.0 Å². The minimum absolute atomic E-state index is 0.472. The molecule has 0 bridgehead atoms. The van der Waals surface area contributed by atoms with E-state index in [9.17, 15) is 0 Å². The van der Waals surface area contributed by atoms with Gasteiger partial charge in [0.15, 0.2) is 0 Å². The van der Waals surface area contributed by atoms with Gasteiger partial charge in [0.1, 0.15) is 11.5 Å². The average molecular weight is 261 g/mol. The van der Waals surface area contributed by atoms with Crippen LogP contribution in [0.4, 0.5) is 0 Å². The topological polar surface area (TPSA) is 62.3 Å². The molecule has 0 aliphatic rings. The van der Waals surface area contributed by atoms with Gasteiger partial charge in [-0.05, 0) is 25.1 Å². The Morgan fingerprint density at radius 1 is 1.21 bits per heavy atom. The summed E-state index contributed by atoms with van der Waals surface area (Å²) in [5.74, 6) is 1.50. The zero-order chi connectivity index (χ0) is 13.8. The maximum atomic E-state index is 5.72. The van der Waals surface area contributed by atoms with Crippen molar-refractivity contribution in [3.8, 4) is 22.8 Å². The van der Waals surface area contributed by atoms with Gasteiger partial charge in [0.25, 0.3) is 0 Å². The predicted molar refractivity (Wildman–Crippen MR) is 74.3 cm³/mol. The molecule has 0 aliphatic heterocycles. The van der Waals surface area contributed by atoms with Gasteiger partial charge in [0.05, 0.1) is 25.6 Å². The van der Waals surface area contributed by atoms with Gasteiger partial charge in [-0.25, -0.2) is 0 Å². The first-order chi connectivity index (χ1) is 9.23. The summed E-state index contributed by atoms with van der Waals surface area (Å²) in [7, 11) is 3.27. The van der Waals surface area contributed by atoms with E-state index in [1.807, 2.05) is 35.9 Å². The van der Waals surface area contributed by atoms with Crippen molar-refractivity contribution in [1.82, 2.24) is 9.78 Å². The fourth-order valence-electron chi connectivity index (χ4n) is 2.04. The van der Waals surface area contributed by atoms with Crippen LogP contribution in [-0.2, 0) is 13.1 Å². The number of nitrogens with zero attached hydrogens (tertiary/aromatic N) is 2. The molecule has 2 aromatic rings. The molecule has 0 unspecified atom stereocenters. The van der Waals surface area contributed by atoms with Crippen molar-refractivity contribution in [2.75, 3.05) is 14.2 Å². The number of rotatable bonds is 5. The maximum Gasteiger partial charge on any atom is 0.132 e. The number of ether oxygens (including phenoxy) is 2. The summed E-state index contributed by atoms with van der Waals surface area (Å²) in [4.78, 5) is 0. The summed E-state index contributed by atoms with van der Waals surface area (Å²) in [6, 6.07) is 7.68.